The van der Waals surface area contributed by atoms with E-state index in [1.165, 1.54) is 18.2 Å². The lowest BCUT2D eigenvalue weighted by atomic mass is 9.77. The van der Waals surface area contributed by atoms with Crippen LogP contribution in [0, 0.1) is 11.3 Å². The van der Waals surface area contributed by atoms with Crippen LogP contribution in [0.15, 0.2) is 67.0 Å². The molecule has 180 valence electrons. The number of rotatable bonds is 7. The Morgan fingerprint density at radius 3 is 2.34 bits per heavy atom. The minimum atomic E-state index is -0.689. The summed E-state index contributed by atoms with van der Waals surface area (Å²) in [6.45, 7) is 0. The number of aromatic nitrogens is 1. The van der Waals surface area contributed by atoms with Crippen molar-refractivity contribution in [3.8, 4) is 17.2 Å². The fourth-order valence-corrected chi connectivity index (χ4v) is 4.78. The van der Waals surface area contributed by atoms with Gasteiger partial charge >= 0.3 is 6.09 Å². The van der Waals surface area contributed by atoms with E-state index in [9.17, 15) is 14.9 Å². The van der Waals surface area contributed by atoms with Gasteiger partial charge in [0.1, 0.15) is 0 Å². The van der Waals surface area contributed by atoms with Crippen molar-refractivity contribution in [3.05, 3.63) is 72.6 Å². The van der Waals surface area contributed by atoms with Gasteiger partial charge in [0.25, 0.3) is 5.91 Å². The lowest BCUT2D eigenvalue weighted by Crippen LogP contribution is -2.40. The molecule has 1 saturated carbocycles. The Morgan fingerprint density at radius 2 is 1.74 bits per heavy atom. The molecule has 35 heavy (non-hydrogen) atoms. The van der Waals surface area contributed by atoms with Gasteiger partial charge in [0, 0.05) is 24.1 Å². The first-order valence-electron chi connectivity index (χ1n) is 11.6. The number of hydrogen-bond acceptors (Lipinski definition) is 5. The van der Waals surface area contributed by atoms with Crippen molar-refractivity contribution in [2.75, 3.05) is 17.7 Å². The zero-order chi connectivity index (χ0) is 24.8. The van der Waals surface area contributed by atoms with E-state index >= 15 is 0 Å². The molecule has 0 saturated heterocycles. The van der Waals surface area contributed by atoms with E-state index in [1.54, 1.807) is 12.4 Å². The van der Waals surface area contributed by atoms with Crippen molar-refractivity contribution in [1.29, 1.82) is 5.26 Å². The fraction of sp³-hybridized carbons (Fsp3) is 0.296. The van der Waals surface area contributed by atoms with Crippen molar-refractivity contribution >= 4 is 23.4 Å². The molecule has 2 amide bonds. The van der Waals surface area contributed by atoms with E-state index in [0.717, 1.165) is 31.4 Å². The Bertz CT molecular complexity index is 1220. The zero-order valence-corrected chi connectivity index (χ0v) is 19.7. The molecule has 0 radical (unpaired) electrons. The van der Waals surface area contributed by atoms with Crippen molar-refractivity contribution < 1.29 is 14.3 Å². The summed E-state index contributed by atoms with van der Waals surface area (Å²) in [7, 11) is 1.25. The Hall–Kier alpha value is -4.25. The van der Waals surface area contributed by atoms with Crippen LogP contribution in [0.3, 0.4) is 0 Å². The quantitative estimate of drug-likeness (QED) is 0.443. The molecule has 0 atom stereocenters. The summed E-state index contributed by atoms with van der Waals surface area (Å²) in [6, 6.07) is 21.2. The minimum absolute atomic E-state index is 0.187. The number of amides is 2. The number of carbonyl (C=O) groups excluding carboxylic acids is 2. The third-order valence-corrected chi connectivity index (χ3v) is 6.75. The molecule has 0 bridgehead atoms. The van der Waals surface area contributed by atoms with Crippen LogP contribution in [-0.4, -0.2) is 29.7 Å². The van der Waals surface area contributed by atoms with Crippen molar-refractivity contribution in [1.82, 2.24) is 4.57 Å². The Balaban J connectivity index is 1.46. The minimum Gasteiger partial charge on any atom is -0.453 e. The van der Waals surface area contributed by atoms with E-state index in [1.807, 2.05) is 22.8 Å². The monoisotopic (exact) mass is 471 g/mol. The first-order valence-corrected chi connectivity index (χ1v) is 11.6. The summed E-state index contributed by atoms with van der Waals surface area (Å²) in [4.78, 5) is 23.7. The summed E-state index contributed by atoms with van der Waals surface area (Å²) >= 11 is 0. The second-order valence-electron chi connectivity index (χ2n) is 8.89. The molecule has 1 aromatic heterocycles. The zero-order valence-electron chi connectivity index (χ0n) is 19.7. The van der Waals surface area contributed by atoms with Crippen LogP contribution in [0.25, 0.3) is 11.1 Å². The van der Waals surface area contributed by atoms with Crippen molar-refractivity contribution in [3.63, 3.8) is 0 Å². The molecule has 1 aliphatic rings. The molecular formula is C27H29N5O3. The van der Waals surface area contributed by atoms with Gasteiger partial charge < -0.3 is 20.4 Å². The number of nitrogens with one attached hydrogen (secondary N) is 2. The van der Waals surface area contributed by atoms with E-state index in [-0.39, 0.29) is 23.7 Å². The van der Waals surface area contributed by atoms with E-state index in [2.05, 4.69) is 57.8 Å². The SMILES string of the molecule is COC(=O)Nc1cn(C2(CC#N)CCC(Nc3ccc(-c4ccccc4)cc3)CC2)cc1C(N)=O. The first-order chi connectivity index (χ1) is 16.9. The summed E-state index contributed by atoms with van der Waals surface area (Å²) in [5.41, 5.74) is 8.92. The number of anilines is 2. The number of nitriles is 1. The third kappa shape index (κ3) is 5.30. The topological polar surface area (TPSA) is 122 Å². The van der Waals surface area contributed by atoms with Crippen LogP contribution in [0.2, 0.25) is 0 Å². The molecule has 3 aromatic rings. The standard InChI is InChI=1S/C27H29N5O3/c1-35-26(34)31-24-18-32(17-23(24)25(29)33)27(15-16-28)13-11-22(12-14-27)30-21-9-7-20(8-10-21)19-5-3-2-4-6-19/h2-10,17-18,22,30H,11-15H2,1H3,(H2,29,33)(H,31,34). The van der Waals surface area contributed by atoms with Gasteiger partial charge in [-0.15, -0.1) is 0 Å². The van der Waals surface area contributed by atoms with E-state index in [0.29, 0.717) is 0 Å². The van der Waals surface area contributed by atoms with Gasteiger partial charge in [0.05, 0.1) is 36.4 Å². The van der Waals surface area contributed by atoms with E-state index < -0.39 is 17.5 Å². The molecule has 0 aliphatic heterocycles. The Kier molecular flexibility index (Phi) is 7.06. The smallest absolute Gasteiger partial charge is 0.411 e. The molecule has 1 aliphatic carbocycles. The predicted molar refractivity (Wildman–Crippen MR) is 135 cm³/mol. The number of nitrogens with two attached hydrogens (primary N) is 1. The number of benzene rings is 2. The highest BCUT2D eigenvalue weighted by Gasteiger charge is 2.37. The summed E-state index contributed by atoms with van der Waals surface area (Å²) in [5, 5.41) is 15.7. The number of ether oxygens (including phenoxy) is 1. The molecule has 4 N–H and O–H groups in total. The van der Waals surface area contributed by atoms with Gasteiger partial charge in [-0.1, -0.05) is 42.5 Å². The Labute approximate surface area is 204 Å². The van der Waals surface area contributed by atoms with Gasteiger partial charge in [-0.3, -0.25) is 10.1 Å². The second-order valence-corrected chi connectivity index (χ2v) is 8.89. The van der Waals surface area contributed by atoms with Gasteiger partial charge in [0.2, 0.25) is 0 Å². The highest BCUT2D eigenvalue weighted by Crippen LogP contribution is 2.40. The molecule has 0 unspecified atom stereocenters. The maximum Gasteiger partial charge on any atom is 0.411 e. The lowest BCUT2D eigenvalue weighted by Gasteiger charge is -2.40. The average Bonchev–Trinajstić information content (AvgIpc) is 3.31. The van der Waals surface area contributed by atoms with E-state index in [4.69, 9.17) is 5.73 Å². The average molecular weight is 472 g/mol. The molecule has 0 spiro atoms. The van der Waals surface area contributed by atoms with Crippen LogP contribution in [0.1, 0.15) is 42.5 Å². The molecular weight excluding hydrogens is 442 g/mol. The number of hydrogen-bond donors (Lipinski definition) is 3. The summed E-state index contributed by atoms with van der Waals surface area (Å²) < 4.78 is 6.51. The maximum absolute atomic E-state index is 12.0. The molecule has 1 heterocycles. The van der Waals surface area contributed by atoms with Crippen LogP contribution < -0.4 is 16.4 Å². The number of nitrogens with zero attached hydrogens (tertiary/aromatic N) is 2. The maximum atomic E-state index is 12.0. The molecule has 8 heteroatoms. The molecule has 1 fully saturated rings. The predicted octanol–water partition coefficient (Wildman–Crippen LogP) is 5.10. The first kappa shape index (κ1) is 23.9. The second kappa shape index (κ2) is 10.3. The van der Waals surface area contributed by atoms with Crippen LogP contribution in [0.5, 0.6) is 0 Å². The van der Waals surface area contributed by atoms with Crippen molar-refractivity contribution in [2.24, 2.45) is 5.73 Å². The van der Waals surface area contributed by atoms with Crippen LogP contribution in [0.4, 0.5) is 16.2 Å². The number of methoxy groups -OCH3 is 1. The largest absolute Gasteiger partial charge is 0.453 e. The highest BCUT2D eigenvalue weighted by atomic mass is 16.5. The summed E-state index contributed by atoms with van der Waals surface area (Å²) in [6.07, 6.45) is 6.08. The van der Waals surface area contributed by atoms with Gasteiger partial charge in [-0.05, 0) is 48.9 Å². The fourth-order valence-electron chi connectivity index (χ4n) is 4.78. The normalized spacial score (nSPS) is 19.4. The molecule has 2 aromatic carbocycles. The van der Waals surface area contributed by atoms with Gasteiger partial charge in [0.15, 0.2) is 0 Å². The summed E-state index contributed by atoms with van der Waals surface area (Å²) in [5.74, 6) is -0.656. The van der Waals surface area contributed by atoms with Gasteiger partial charge in [-0.2, -0.15) is 5.26 Å². The van der Waals surface area contributed by atoms with Crippen molar-refractivity contribution in [2.45, 2.75) is 43.7 Å². The highest BCUT2D eigenvalue weighted by molar-refractivity contribution is 6.01. The number of primary amides is 1. The third-order valence-electron chi connectivity index (χ3n) is 6.75. The molecule has 4 rings (SSSR count). The Morgan fingerprint density at radius 1 is 1.09 bits per heavy atom. The lowest BCUT2D eigenvalue weighted by molar-refractivity contribution is 0.100. The van der Waals surface area contributed by atoms with Gasteiger partial charge in [-0.25, -0.2) is 4.79 Å². The number of carbonyl (C=O) groups is 2. The molecule has 8 nitrogen and oxygen atoms in total. The van der Waals surface area contributed by atoms with Crippen LogP contribution in [-0.2, 0) is 10.3 Å². The van der Waals surface area contributed by atoms with Crippen LogP contribution >= 0.6 is 0 Å².